The van der Waals surface area contributed by atoms with Crippen molar-refractivity contribution < 1.29 is 9.53 Å². The lowest BCUT2D eigenvalue weighted by Gasteiger charge is -2.32. The van der Waals surface area contributed by atoms with E-state index in [0.717, 1.165) is 42.1 Å². The molecule has 0 radical (unpaired) electrons. The van der Waals surface area contributed by atoms with E-state index in [2.05, 4.69) is 36.0 Å². The van der Waals surface area contributed by atoms with Crippen molar-refractivity contribution in [3.05, 3.63) is 42.2 Å². The van der Waals surface area contributed by atoms with Crippen LogP contribution in [0.3, 0.4) is 0 Å². The van der Waals surface area contributed by atoms with E-state index >= 15 is 0 Å². The molecule has 0 spiro atoms. The number of nitrogens with one attached hydrogen (secondary N) is 1. The maximum absolute atomic E-state index is 12.7. The van der Waals surface area contributed by atoms with Crippen molar-refractivity contribution in [3.8, 4) is 5.88 Å². The van der Waals surface area contributed by atoms with Gasteiger partial charge in [-0.3, -0.25) is 4.79 Å². The van der Waals surface area contributed by atoms with Gasteiger partial charge in [0.05, 0.1) is 24.1 Å². The maximum Gasteiger partial charge on any atom is 0.233 e. The number of carbonyl (C=O) groups excluding carboxylic acids is 1. The van der Waals surface area contributed by atoms with Crippen LogP contribution in [0.5, 0.6) is 5.88 Å². The number of ether oxygens (including phenoxy) is 1. The highest BCUT2D eigenvalue weighted by Gasteiger charge is 2.26. The number of rotatable bonds is 6. The number of carbonyl (C=O) groups is 1. The number of hydrogen-bond donors (Lipinski definition) is 1. The lowest BCUT2D eigenvalue weighted by atomic mass is 9.97. The standard InChI is InChI=1S/C21H26N6O2/c1-26-17-8-4-3-7-16(17)23-18(26)11-12-22-21(28)15-6-5-13-27(14-15)19-9-10-20(29-2)25-24-19/h3-4,7-10,15H,5-6,11-14H2,1-2H3,(H,22,28)/t15-/m0/s1. The number of fused-ring (bicyclic) bond motifs is 1. The first-order chi connectivity index (χ1) is 14.2. The minimum Gasteiger partial charge on any atom is -0.480 e. The van der Waals surface area contributed by atoms with Gasteiger partial charge in [-0.1, -0.05) is 12.1 Å². The van der Waals surface area contributed by atoms with Crippen LogP contribution in [0, 0.1) is 5.92 Å². The average Bonchev–Trinajstić information content (AvgIpc) is 3.09. The molecule has 2 aromatic heterocycles. The molecule has 0 aliphatic carbocycles. The number of piperidine rings is 1. The van der Waals surface area contributed by atoms with Crippen LogP contribution in [-0.4, -0.2) is 52.4 Å². The first-order valence-corrected chi connectivity index (χ1v) is 9.96. The Kier molecular flexibility index (Phi) is 5.59. The van der Waals surface area contributed by atoms with Crippen LogP contribution in [0.15, 0.2) is 36.4 Å². The summed E-state index contributed by atoms with van der Waals surface area (Å²) < 4.78 is 7.15. The minimum atomic E-state index is -0.0481. The van der Waals surface area contributed by atoms with Crippen LogP contribution in [0.2, 0.25) is 0 Å². The fourth-order valence-electron chi connectivity index (χ4n) is 3.85. The van der Waals surface area contributed by atoms with E-state index in [1.807, 2.05) is 31.3 Å². The summed E-state index contributed by atoms with van der Waals surface area (Å²) in [6, 6.07) is 11.8. The van der Waals surface area contributed by atoms with Crippen LogP contribution in [0.4, 0.5) is 5.82 Å². The first-order valence-electron chi connectivity index (χ1n) is 9.96. The minimum absolute atomic E-state index is 0.0481. The van der Waals surface area contributed by atoms with Crippen molar-refractivity contribution in [2.24, 2.45) is 13.0 Å². The number of aromatic nitrogens is 4. The van der Waals surface area contributed by atoms with Crippen molar-refractivity contribution in [3.63, 3.8) is 0 Å². The van der Waals surface area contributed by atoms with E-state index in [1.54, 1.807) is 13.2 Å². The van der Waals surface area contributed by atoms with Gasteiger partial charge in [-0.05, 0) is 31.0 Å². The third-order valence-electron chi connectivity index (χ3n) is 5.48. The van der Waals surface area contributed by atoms with Gasteiger partial charge in [0.15, 0.2) is 5.82 Å². The van der Waals surface area contributed by atoms with E-state index in [9.17, 15) is 4.79 Å². The number of methoxy groups -OCH3 is 1. The molecule has 1 aliphatic rings. The summed E-state index contributed by atoms with van der Waals surface area (Å²) in [7, 11) is 3.58. The molecule has 3 aromatic rings. The smallest absolute Gasteiger partial charge is 0.233 e. The Morgan fingerprint density at radius 2 is 2.10 bits per heavy atom. The van der Waals surface area contributed by atoms with E-state index in [1.165, 1.54) is 0 Å². The number of anilines is 1. The zero-order valence-electron chi connectivity index (χ0n) is 16.8. The third kappa shape index (κ3) is 4.16. The van der Waals surface area contributed by atoms with Gasteiger partial charge in [-0.2, -0.15) is 0 Å². The molecule has 1 aliphatic heterocycles. The summed E-state index contributed by atoms with van der Waals surface area (Å²) in [4.78, 5) is 19.5. The van der Waals surface area contributed by atoms with Gasteiger partial charge in [0.2, 0.25) is 11.8 Å². The lowest BCUT2D eigenvalue weighted by molar-refractivity contribution is -0.125. The van der Waals surface area contributed by atoms with Gasteiger partial charge in [-0.25, -0.2) is 4.98 Å². The molecule has 1 N–H and O–H groups in total. The van der Waals surface area contributed by atoms with E-state index in [4.69, 9.17) is 4.74 Å². The Labute approximate surface area is 169 Å². The SMILES string of the molecule is COc1ccc(N2CCC[C@H](C(=O)NCCc3nc4ccccc4n3C)C2)nn1. The lowest BCUT2D eigenvalue weighted by Crippen LogP contribution is -2.44. The predicted molar refractivity (Wildman–Crippen MR) is 111 cm³/mol. The molecule has 8 heteroatoms. The van der Waals surface area contributed by atoms with Gasteiger partial charge < -0.3 is 19.5 Å². The van der Waals surface area contributed by atoms with Gasteiger partial charge in [0, 0.05) is 39.2 Å². The summed E-state index contributed by atoms with van der Waals surface area (Å²) in [6.07, 6.45) is 2.55. The molecule has 152 valence electrons. The van der Waals surface area contributed by atoms with Gasteiger partial charge in [0.25, 0.3) is 0 Å². The molecular formula is C21H26N6O2. The van der Waals surface area contributed by atoms with Crippen molar-refractivity contribution in [2.75, 3.05) is 31.6 Å². The molecule has 3 heterocycles. The third-order valence-corrected chi connectivity index (χ3v) is 5.48. The highest BCUT2D eigenvalue weighted by Crippen LogP contribution is 2.22. The predicted octanol–water partition coefficient (Wildman–Crippen LogP) is 1.95. The molecule has 1 saturated heterocycles. The summed E-state index contributed by atoms with van der Waals surface area (Å²) in [5.74, 6) is 2.29. The Bertz CT molecular complexity index is 985. The number of amides is 1. The molecule has 0 unspecified atom stereocenters. The van der Waals surface area contributed by atoms with Gasteiger partial charge in [0.1, 0.15) is 5.82 Å². The molecule has 0 bridgehead atoms. The van der Waals surface area contributed by atoms with Crippen molar-refractivity contribution >= 4 is 22.8 Å². The Morgan fingerprint density at radius 1 is 1.24 bits per heavy atom. The number of hydrogen-bond acceptors (Lipinski definition) is 6. The summed E-state index contributed by atoms with van der Waals surface area (Å²) in [6.45, 7) is 2.11. The monoisotopic (exact) mass is 394 g/mol. The molecule has 4 rings (SSSR count). The van der Waals surface area contributed by atoms with Crippen LogP contribution in [0.1, 0.15) is 18.7 Å². The summed E-state index contributed by atoms with van der Waals surface area (Å²) in [5.41, 5.74) is 2.09. The molecular weight excluding hydrogens is 368 g/mol. The highest BCUT2D eigenvalue weighted by atomic mass is 16.5. The molecule has 1 amide bonds. The normalized spacial score (nSPS) is 16.8. The number of para-hydroxylation sites is 2. The second-order valence-electron chi connectivity index (χ2n) is 7.34. The number of aryl methyl sites for hydroxylation is 1. The molecule has 0 saturated carbocycles. The van der Waals surface area contributed by atoms with Crippen molar-refractivity contribution in [1.82, 2.24) is 25.1 Å². The second kappa shape index (κ2) is 8.46. The van der Waals surface area contributed by atoms with Crippen LogP contribution in [-0.2, 0) is 18.3 Å². The fourth-order valence-corrected chi connectivity index (χ4v) is 3.85. The van der Waals surface area contributed by atoms with Crippen molar-refractivity contribution in [2.45, 2.75) is 19.3 Å². The highest BCUT2D eigenvalue weighted by molar-refractivity contribution is 5.79. The Hall–Kier alpha value is -3.16. The fraction of sp³-hybridized carbons (Fsp3) is 0.429. The summed E-state index contributed by atoms with van der Waals surface area (Å²) >= 11 is 0. The zero-order valence-corrected chi connectivity index (χ0v) is 16.8. The van der Waals surface area contributed by atoms with E-state index < -0.39 is 0 Å². The second-order valence-corrected chi connectivity index (χ2v) is 7.34. The largest absolute Gasteiger partial charge is 0.480 e. The molecule has 1 aromatic carbocycles. The van der Waals surface area contributed by atoms with Gasteiger partial charge >= 0.3 is 0 Å². The zero-order chi connectivity index (χ0) is 20.2. The van der Waals surface area contributed by atoms with E-state index in [0.29, 0.717) is 25.4 Å². The maximum atomic E-state index is 12.7. The number of nitrogens with zero attached hydrogens (tertiary/aromatic N) is 5. The Balaban J connectivity index is 1.32. The summed E-state index contributed by atoms with van der Waals surface area (Å²) in [5, 5.41) is 11.3. The van der Waals surface area contributed by atoms with Gasteiger partial charge in [-0.15, -0.1) is 10.2 Å². The number of imidazole rings is 1. The quantitative estimate of drug-likeness (QED) is 0.688. The van der Waals surface area contributed by atoms with Crippen LogP contribution < -0.4 is 15.0 Å². The Morgan fingerprint density at radius 3 is 2.86 bits per heavy atom. The van der Waals surface area contributed by atoms with Crippen LogP contribution >= 0.6 is 0 Å². The molecule has 1 atom stereocenters. The van der Waals surface area contributed by atoms with Crippen molar-refractivity contribution in [1.29, 1.82) is 0 Å². The first kappa shape index (κ1) is 19.2. The van der Waals surface area contributed by atoms with E-state index in [-0.39, 0.29) is 11.8 Å². The molecule has 8 nitrogen and oxygen atoms in total. The molecule has 29 heavy (non-hydrogen) atoms. The van der Waals surface area contributed by atoms with Crippen LogP contribution in [0.25, 0.3) is 11.0 Å². The molecule has 1 fully saturated rings. The average molecular weight is 394 g/mol. The number of benzene rings is 1. The topological polar surface area (TPSA) is 85.2 Å².